The number of aryl methyl sites for hydroxylation is 1. The van der Waals surface area contributed by atoms with Crippen molar-refractivity contribution in [2.24, 2.45) is 17.8 Å². The molecule has 0 aliphatic rings. The fraction of sp³-hybridized carbons (Fsp3) is 0.158. The molecule has 1 aromatic heterocycles. The Morgan fingerprint density at radius 3 is 2.73 bits per heavy atom. The minimum Gasteiger partial charge on any atom is -0.497 e. The highest BCUT2D eigenvalue weighted by Gasteiger charge is 2.02. The molecule has 0 aliphatic carbocycles. The van der Waals surface area contributed by atoms with E-state index in [0.717, 1.165) is 28.1 Å². The third kappa shape index (κ3) is 5.22. The van der Waals surface area contributed by atoms with Crippen molar-refractivity contribution in [2.75, 3.05) is 12.4 Å². The van der Waals surface area contributed by atoms with E-state index < -0.39 is 0 Å². The van der Waals surface area contributed by atoms with Gasteiger partial charge in [-0.05, 0) is 29.3 Å². The van der Waals surface area contributed by atoms with E-state index >= 15 is 0 Å². The average molecular weight is 463 g/mol. The first-order valence-electron chi connectivity index (χ1n) is 7.93. The van der Waals surface area contributed by atoms with E-state index in [1.807, 2.05) is 55.8 Å². The minimum atomic E-state index is 0. The molecule has 0 radical (unpaired) electrons. The highest BCUT2D eigenvalue weighted by molar-refractivity contribution is 14.0. The topological polar surface area (TPSA) is 77.5 Å². The van der Waals surface area contributed by atoms with Gasteiger partial charge in [-0.25, -0.2) is 4.99 Å². The third-order valence-electron chi connectivity index (χ3n) is 3.74. The van der Waals surface area contributed by atoms with Crippen LogP contribution in [0.15, 0.2) is 65.9 Å². The molecular formula is C19H22IN5O. The Balaban J connectivity index is 0.00000243. The lowest BCUT2D eigenvalue weighted by Crippen LogP contribution is -2.22. The predicted molar refractivity (Wildman–Crippen MR) is 116 cm³/mol. The average Bonchev–Trinajstić information content (AvgIpc) is 3.07. The molecule has 3 N–H and O–H groups in total. The highest BCUT2D eigenvalue weighted by Crippen LogP contribution is 2.20. The summed E-state index contributed by atoms with van der Waals surface area (Å²) >= 11 is 0. The molecule has 0 saturated heterocycles. The normalized spacial score (nSPS) is 10.9. The standard InChI is InChI=1S/C19H21N5O.HI/c1-24-13-16(12-22-24)15-6-3-5-14(9-15)11-21-19(20)23-17-7-4-8-18(10-17)25-2;/h3-10,12-13H,11H2,1-2H3,(H3,20,21,23);1H. The molecule has 0 spiro atoms. The van der Waals surface area contributed by atoms with Gasteiger partial charge >= 0.3 is 0 Å². The van der Waals surface area contributed by atoms with Crippen LogP contribution in [0.1, 0.15) is 5.56 Å². The highest BCUT2D eigenvalue weighted by atomic mass is 127. The Bertz CT molecular complexity index is 891. The van der Waals surface area contributed by atoms with Gasteiger partial charge in [-0.3, -0.25) is 4.68 Å². The summed E-state index contributed by atoms with van der Waals surface area (Å²) in [4.78, 5) is 4.41. The van der Waals surface area contributed by atoms with Crippen molar-refractivity contribution in [1.29, 1.82) is 0 Å². The van der Waals surface area contributed by atoms with Crippen LogP contribution < -0.4 is 15.8 Å². The molecule has 0 unspecified atom stereocenters. The van der Waals surface area contributed by atoms with Crippen LogP contribution in [0.4, 0.5) is 5.69 Å². The summed E-state index contributed by atoms with van der Waals surface area (Å²) in [6.07, 6.45) is 3.84. The Kier molecular flexibility index (Phi) is 7.02. The Morgan fingerprint density at radius 1 is 1.19 bits per heavy atom. The number of rotatable bonds is 5. The van der Waals surface area contributed by atoms with Crippen LogP contribution in [-0.2, 0) is 13.6 Å². The molecular weight excluding hydrogens is 441 g/mol. The van der Waals surface area contributed by atoms with E-state index in [0.29, 0.717) is 12.5 Å². The van der Waals surface area contributed by atoms with E-state index in [9.17, 15) is 0 Å². The van der Waals surface area contributed by atoms with E-state index in [4.69, 9.17) is 10.5 Å². The monoisotopic (exact) mass is 463 g/mol. The smallest absolute Gasteiger partial charge is 0.193 e. The second kappa shape index (κ2) is 9.23. The molecule has 1 heterocycles. The van der Waals surface area contributed by atoms with Crippen LogP contribution in [0.25, 0.3) is 11.1 Å². The Morgan fingerprint density at radius 2 is 2.00 bits per heavy atom. The van der Waals surface area contributed by atoms with E-state index in [1.54, 1.807) is 11.8 Å². The number of methoxy groups -OCH3 is 1. The van der Waals surface area contributed by atoms with Crippen LogP contribution in [0.3, 0.4) is 0 Å². The van der Waals surface area contributed by atoms with Crippen LogP contribution >= 0.6 is 24.0 Å². The van der Waals surface area contributed by atoms with E-state index in [1.165, 1.54) is 0 Å². The van der Waals surface area contributed by atoms with Crippen molar-refractivity contribution < 1.29 is 4.74 Å². The molecule has 2 aromatic carbocycles. The first-order valence-corrected chi connectivity index (χ1v) is 7.93. The number of nitrogens with two attached hydrogens (primary N) is 1. The number of guanidine groups is 1. The number of aliphatic imine (C=N–C) groups is 1. The SMILES string of the molecule is COc1cccc(NC(N)=NCc2cccc(-c3cnn(C)c3)c2)c1.I. The van der Waals surface area contributed by atoms with Gasteiger partial charge < -0.3 is 15.8 Å². The van der Waals surface area contributed by atoms with Crippen molar-refractivity contribution in [3.05, 3.63) is 66.5 Å². The second-order valence-electron chi connectivity index (χ2n) is 5.66. The molecule has 3 rings (SSSR count). The zero-order chi connectivity index (χ0) is 17.6. The molecule has 0 fully saturated rings. The van der Waals surface area contributed by atoms with Crippen LogP contribution in [0.5, 0.6) is 5.75 Å². The summed E-state index contributed by atoms with van der Waals surface area (Å²) in [5.41, 5.74) is 10.1. The van der Waals surface area contributed by atoms with Gasteiger partial charge in [0.05, 0.1) is 19.9 Å². The fourth-order valence-electron chi connectivity index (χ4n) is 2.48. The Hall–Kier alpha value is -2.55. The van der Waals surface area contributed by atoms with Crippen molar-refractivity contribution >= 4 is 35.6 Å². The van der Waals surface area contributed by atoms with Crippen LogP contribution in [0, 0.1) is 0 Å². The summed E-state index contributed by atoms with van der Waals surface area (Å²) in [6, 6.07) is 15.7. The fourth-order valence-corrected chi connectivity index (χ4v) is 2.48. The maximum absolute atomic E-state index is 5.98. The second-order valence-corrected chi connectivity index (χ2v) is 5.66. The quantitative estimate of drug-likeness (QED) is 0.344. The molecule has 0 atom stereocenters. The molecule has 136 valence electrons. The number of aromatic nitrogens is 2. The van der Waals surface area contributed by atoms with Crippen molar-refractivity contribution in [2.45, 2.75) is 6.54 Å². The van der Waals surface area contributed by atoms with Gasteiger partial charge in [0, 0.05) is 30.6 Å². The van der Waals surface area contributed by atoms with Crippen molar-refractivity contribution in [3.8, 4) is 16.9 Å². The summed E-state index contributed by atoms with van der Waals surface area (Å²) < 4.78 is 6.98. The number of nitrogens with one attached hydrogen (secondary N) is 1. The predicted octanol–water partition coefficient (Wildman–Crippen LogP) is 3.64. The van der Waals surface area contributed by atoms with Crippen molar-refractivity contribution in [1.82, 2.24) is 9.78 Å². The minimum absolute atomic E-state index is 0. The first-order chi connectivity index (χ1) is 12.1. The zero-order valence-corrected chi connectivity index (χ0v) is 17.0. The van der Waals surface area contributed by atoms with Crippen LogP contribution in [-0.4, -0.2) is 22.8 Å². The molecule has 7 heteroatoms. The van der Waals surface area contributed by atoms with E-state index in [-0.39, 0.29) is 24.0 Å². The lowest BCUT2D eigenvalue weighted by molar-refractivity contribution is 0.415. The Labute approximate surface area is 170 Å². The third-order valence-corrected chi connectivity index (χ3v) is 3.74. The number of ether oxygens (including phenoxy) is 1. The summed E-state index contributed by atoms with van der Waals surface area (Å²) in [7, 11) is 3.54. The maximum Gasteiger partial charge on any atom is 0.193 e. The number of benzene rings is 2. The molecule has 0 saturated carbocycles. The molecule has 0 bridgehead atoms. The lowest BCUT2D eigenvalue weighted by atomic mass is 10.1. The summed E-state index contributed by atoms with van der Waals surface area (Å²) in [6.45, 7) is 0.497. The molecule has 0 aliphatic heterocycles. The zero-order valence-electron chi connectivity index (χ0n) is 14.7. The lowest BCUT2D eigenvalue weighted by Gasteiger charge is -2.07. The van der Waals surface area contributed by atoms with Crippen LogP contribution in [0.2, 0.25) is 0 Å². The van der Waals surface area contributed by atoms with Gasteiger partial charge in [0.2, 0.25) is 0 Å². The van der Waals surface area contributed by atoms with Gasteiger partial charge in [-0.15, -0.1) is 24.0 Å². The van der Waals surface area contributed by atoms with Gasteiger partial charge in [-0.2, -0.15) is 5.10 Å². The van der Waals surface area contributed by atoms with Gasteiger partial charge in [0.15, 0.2) is 5.96 Å². The number of halogens is 1. The van der Waals surface area contributed by atoms with Gasteiger partial charge in [0.1, 0.15) is 5.75 Å². The molecule has 6 nitrogen and oxygen atoms in total. The van der Waals surface area contributed by atoms with Gasteiger partial charge in [-0.1, -0.05) is 24.3 Å². The maximum atomic E-state index is 5.98. The summed E-state index contributed by atoms with van der Waals surface area (Å²) in [5, 5.41) is 7.28. The van der Waals surface area contributed by atoms with Gasteiger partial charge in [0.25, 0.3) is 0 Å². The van der Waals surface area contributed by atoms with E-state index in [2.05, 4.69) is 27.5 Å². The molecule has 0 amide bonds. The largest absolute Gasteiger partial charge is 0.497 e. The van der Waals surface area contributed by atoms with Crippen molar-refractivity contribution in [3.63, 3.8) is 0 Å². The number of hydrogen-bond acceptors (Lipinski definition) is 3. The number of hydrogen-bond donors (Lipinski definition) is 2. The first kappa shape index (κ1) is 19.8. The summed E-state index contributed by atoms with van der Waals surface area (Å²) in [5.74, 6) is 1.13. The molecule has 3 aromatic rings. The number of anilines is 1. The molecule has 26 heavy (non-hydrogen) atoms. The number of nitrogens with zero attached hydrogens (tertiary/aromatic N) is 3.